The fraction of sp³-hybridized carbons (Fsp3) is 0.526. The first kappa shape index (κ1) is 18.9. The first-order chi connectivity index (χ1) is 13.4. The molecule has 1 N–H and O–H groups in total. The first-order valence-corrected chi connectivity index (χ1v) is 9.30. The van der Waals surface area contributed by atoms with Gasteiger partial charge in [0.25, 0.3) is 0 Å². The van der Waals surface area contributed by atoms with Gasteiger partial charge in [0.05, 0.1) is 6.26 Å². The SMILES string of the molecule is O=C(CC(F)(F)F)NC1[C@@H]2CC[C@H]1CN(Cc1cnc(-c3ccco3)nc1)C2. The summed E-state index contributed by atoms with van der Waals surface area (Å²) in [5.41, 5.74) is 0.967. The number of hydrogen-bond acceptors (Lipinski definition) is 5. The molecule has 2 bridgehead atoms. The zero-order valence-corrected chi connectivity index (χ0v) is 15.2. The van der Waals surface area contributed by atoms with Crippen LogP contribution in [0.5, 0.6) is 0 Å². The second-order valence-electron chi connectivity index (χ2n) is 7.57. The predicted molar refractivity (Wildman–Crippen MR) is 93.8 cm³/mol. The Labute approximate surface area is 160 Å². The number of aromatic nitrogens is 2. The van der Waals surface area contributed by atoms with Crippen molar-refractivity contribution in [2.45, 2.75) is 38.0 Å². The number of carbonyl (C=O) groups excluding carboxylic acids is 1. The van der Waals surface area contributed by atoms with Crippen LogP contribution >= 0.6 is 0 Å². The van der Waals surface area contributed by atoms with Crippen LogP contribution < -0.4 is 5.32 Å². The molecule has 3 atom stereocenters. The molecular weight excluding hydrogens is 373 g/mol. The maximum atomic E-state index is 12.4. The topological polar surface area (TPSA) is 71.3 Å². The molecule has 28 heavy (non-hydrogen) atoms. The van der Waals surface area contributed by atoms with Gasteiger partial charge >= 0.3 is 6.18 Å². The summed E-state index contributed by atoms with van der Waals surface area (Å²) < 4.78 is 42.5. The Kier molecular flexibility index (Phi) is 5.09. The number of carbonyl (C=O) groups is 1. The molecule has 1 amide bonds. The van der Waals surface area contributed by atoms with E-state index >= 15 is 0 Å². The number of hydrogen-bond donors (Lipinski definition) is 1. The highest BCUT2D eigenvalue weighted by molar-refractivity contribution is 5.77. The number of piperidine rings is 1. The number of nitrogens with one attached hydrogen (secondary N) is 1. The summed E-state index contributed by atoms with van der Waals surface area (Å²) in [5.74, 6) is 0.572. The number of halogens is 3. The van der Waals surface area contributed by atoms with Crippen LogP contribution in [0.1, 0.15) is 24.8 Å². The minimum atomic E-state index is -4.47. The van der Waals surface area contributed by atoms with Crippen LogP contribution in [0.4, 0.5) is 13.2 Å². The molecule has 2 fully saturated rings. The third-order valence-corrected chi connectivity index (χ3v) is 5.45. The second kappa shape index (κ2) is 7.54. The highest BCUT2D eigenvalue weighted by atomic mass is 19.4. The summed E-state index contributed by atoms with van der Waals surface area (Å²) in [5, 5.41) is 2.62. The van der Waals surface area contributed by atoms with Gasteiger partial charge in [-0.15, -0.1) is 0 Å². The van der Waals surface area contributed by atoms with Gasteiger partial charge in [0.2, 0.25) is 5.91 Å². The van der Waals surface area contributed by atoms with Crippen molar-refractivity contribution in [3.8, 4) is 11.6 Å². The van der Waals surface area contributed by atoms with E-state index in [9.17, 15) is 18.0 Å². The normalized spacial score (nSPS) is 25.0. The van der Waals surface area contributed by atoms with Crippen molar-refractivity contribution >= 4 is 5.91 Å². The van der Waals surface area contributed by atoms with Gasteiger partial charge in [0.1, 0.15) is 6.42 Å². The van der Waals surface area contributed by atoms with Crippen LogP contribution in [0.2, 0.25) is 0 Å². The van der Waals surface area contributed by atoms with Crippen molar-refractivity contribution in [2.75, 3.05) is 13.1 Å². The molecule has 4 rings (SSSR count). The van der Waals surface area contributed by atoms with Crippen LogP contribution in [0.3, 0.4) is 0 Å². The molecule has 0 aromatic carbocycles. The smallest absolute Gasteiger partial charge is 0.397 e. The van der Waals surface area contributed by atoms with E-state index in [1.165, 1.54) is 0 Å². The maximum Gasteiger partial charge on any atom is 0.397 e. The van der Waals surface area contributed by atoms with Crippen molar-refractivity contribution in [2.24, 2.45) is 11.8 Å². The predicted octanol–water partition coefficient (Wildman–Crippen LogP) is 3.02. The molecular formula is C19H21F3N4O2. The molecule has 0 spiro atoms. The molecule has 9 heteroatoms. The molecule has 2 aromatic rings. The molecule has 3 heterocycles. The highest BCUT2D eigenvalue weighted by Gasteiger charge is 2.43. The van der Waals surface area contributed by atoms with E-state index in [-0.39, 0.29) is 17.9 Å². The summed E-state index contributed by atoms with van der Waals surface area (Å²) in [4.78, 5) is 22.6. The van der Waals surface area contributed by atoms with Crippen LogP contribution in [0, 0.1) is 11.8 Å². The van der Waals surface area contributed by atoms with Gasteiger partial charge in [-0.3, -0.25) is 9.69 Å². The van der Waals surface area contributed by atoms with Gasteiger partial charge < -0.3 is 9.73 Å². The molecule has 1 saturated heterocycles. The van der Waals surface area contributed by atoms with Crippen molar-refractivity contribution in [3.63, 3.8) is 0 Å². The Morgan fingerprint density at radius 2 is 1.89 bits per heavy atom. The fourth-order valence-corrected chi connectivity index (χ4v) is 4.33. The van der Waals surface area contributed by atoms with Crippen molar-refractivity contribution in [1.29, 1.82) is 0 Å². The lowest BCUT2D eigenvalue weighted by molar-refractivity contribution is -0.154. The number of amides is 1. The van der Waals surface area contributed by atoms with E-state index in [4.69, 9.17) is 4.42 Å². The molecule has 0 radical (unpaired) electrons. The molecule has 1 aliphatic carbocycles. The summed E-state index contributed by atoms with van der Waals surface area (Å²) in [7, 11) is 0. The highest BCUT2D eigenvalue weighted by Crippen LogP contribution is 2.37. The molecule has 1 aliphatic heterocycles. The Hall–Kier alpha value is -2.42. The molecule has 2 aliphatic rings. The Morgan fingerprint density at radius 1 is 1.21 bits per heavy atom. The van der Waals surface area contributed by atoms with E-state index < -0.39 is 18.5 Å². The van der Waals surface area contributed by atoms with E-state index in [2.05, 4.69) is 20.2 Å². The average Bonchev–Trinajstić information content (AvgIpc) is 3.21. The lowest BCUT2D eigenvalue weighted by Crippen LogP contribution is -2.52. The quantitative estimate of drug-likeness (QED) is 0.844. The fourth-order valence-electron chi connectivity index (χ4n) is 4.33. The Balaban J connectivity index is 1.33. The van der Waals surface area contributed by atoms with Gasteiger partial charge in [-0.1, -0.05) is 0 Å². The Morgan fingerprint density at radius 3 is 2.46 bits per heavy atom. The van der Waals surface area contributed by atoms with Crippen LogP contribution in [-0.2, 0) is 11.3 Å². The van der Waals surface area contributed by atoms with Gasteiger partial charge in [0.15, 0.2) is 11.6 Å². The second-order valence-corrected chi connectivity index (χ2v) is 7.57. The summed E-state index contributed by atoms with van der Waals surface area (Å²) in [6.07, 6.45) is 1.07. The zero-order valence-electron chi connectivity index (χ0n) is 15.2. The first-order valence-electron chi connectivity index (χ1n) is 9.30. The molecule has 1 saturated carbocycles. The van der Waals surface area contributed by atoms with E-state index in [0.29, 0.717) is 18.1 Å². The van der Waals surface area contributed by atoms with Crippen molar-refractivity contribution in [3.05, 3.63) is 36.4 Å². The van der Waals surface area contributed by atoms with E-state index in [0.717, 1.165) is 31.5 Å². The number of nitrogens with zero attached hydrogens (tertiary/aromatic N) is 3. The summed E-state index contributed by atoms with van der Waals surface area (Å²) >= 11 is 0. The lowest BCUT2D eigenvalue weighted by Gasteiger charge is -2.38. The number of furan rings is 1. The third kappa shape index (κ3) is 4.35. The van der Waals surface area contributed by atoms with Crippen LogP contribution in [0.25, 0.3) is 11.6 Å². The molecule has 150 valence electrons. The van der Waals surface area contributed by atoms with Crippen LogP contribution in [-0.4, -0.2) is 46.1 Å². The lowest BCUT2D eigenvalue weighted by atomic mass is 9.91. The van der Waals surface area contributed by atoms with Crippen LogP contribution in [0.15, 0.2) is 35.2 Å². The average molecular weight is 394 g/mol. The minimum Gasteiger partial charge on any atom is -0.461 e. The maximum absolute atomic E-state index is 12.4. The number of likely N-dealkylation sites (tertiary alicyclic amines) is 1. The summed E-state index contributed by atoms with van der Waals surface area (Å²) in [6, 6.07) is 3.41. The van der Waals surface area contributed by atoms with Crippen molar-refractivity contribution in [1.82, 2.24) is 20.2 Å². The Bertz CT molecular complexity index is 794. The summed E-state index contributed by atoms with van der Waals surface area (Å²) in [6.45, 7) is 2.16. The van der Waals surface area contributed by atoms with Gasteiger partial charge in [-0.05, 0) is 36.8 Å². The third-order valence-electron chi connectivity index (χ3n) is 5.45. The standard InChI is InChI=1S/C19H21F3N4O2/c20-19(21,22)6-16(27)25-17-13-3-4-14(17)11-26(10-13)9-12-7-23-18(24-8-12)15-2-1-5-28-15/h1-2,5,7-8,13-14,17H,3-4,6,9-11H2,(H,25,27)/t13-,14+,17?. The molecule has 6 nitrogen and oxygen atoms in total. The van der Waals surface area contributed by atoms with Gasteiger partial charge in [-0.25, -0.2) is 9.97 Å². The van der Waals surface area contributed by atoms with E-state index in [1.807, 2.05) is 0 Å². The largest absolute Gasteiger partial charge is 0.461 e. The minimum absolute atomic E-state index is 0.163. The number of alkyl halides is 3. The molecule has 1 unspecified atom stereocenters. The van der Waals surface area contributed by atoms with Gasteiger partial charge in [0, 0.05) is 43.6 Å². The van der Waals surface area contributed by atoms with Gasteiger partial charge in [-0.2, -0.15) is 13.2 Å². The zero-order chi connectivity index (χ0) is 19.7. The number of fused-ring (bicyclic) bond motifs is 2. The monoisotopic (exact) mass is 394 g/mol. The number of rotatable bonds is 5. The molecule has 2 aromatic heterocycles. The van der Waals surface area contributed by atoms with Crippen molar-refractivity contribution < 1.29 is 22.4 Å². The van der Waals surface area contributed by atoms with E-state index in [1.54, 1.807) is 30.8 Å².